The Hall–Kier alpha value is -2.08. The van der Waals surface area contributed by atoms with Crippen molar-refractivity contribution >= 4 is 17.5 Å². The highest BCUT2D eigenvalue weighted by Gasteiger charge is 2.24. The summed E-state index contributed by atoms with van der Waals surface area (Å²) >= 11 is 0. The van der Waals surface area contributed by atoms with Crippen LogP contribution in [0.4, 0.5) is 5.69 Å². The lowest BCUT2D eigenvalue weighted by atomic mass is 9.86. The molecule has 116 valence electrons. The molecule has 0 amide bonds. The van der Waals surface area contributed by atoms with Crippen molar-refractivity contribution in [2.24, 2.45) is 5.41 Å². The molecule has 0 bridgehead atoms. The number of rotatable bonds is 3. The third-order valence-corrected chi connectivity index (χ3v) is 3.97. The Morgan fingerprint density at radius 1 is 1.14 bits per heavy atom. The van der Waals surface area contributed by atoms with Crippen LogP contribution in [0.1, 0.15) is 45.6 Å². The number of nitrogens with zero attached hydrogens (tertiary/aromatic N) is 2. The minimum absolute atomic E-state index is 0.116. The van der Waals surface area contributed by atoms with Crippen molar-refractivity contribution < 1.29 is 4.79 Å². The number of carbonyl (C=O) groups excluding carboxylic acids is 1. The SMILES string of the molecule is CC(C)(C)C(=O)/C(C#N)=C\c1ccc(N2CCCCC2)cc1. The fourth-order valence-corrected chi connectivity index (χ4v) is 2.65. The first kappa shape index (κ1) is 16.3. The molecule has 0 spiro atoms. The van der Waals surface area contributed by atoms with Crippen molar-refractivity contribution in [2.45, 2.75) is 40.0 Å². The van der Waals surface area contributed by atoms with E-state index in [1.165, 1.54) is 24.9 Å². The lowest BCUT2D eigenvalue weighted by Gasteiger charge is -2.28. The molecule has 2 rings (SSSR count). The summed E-state index contributed by atoms with van der Waals surface area (Å²) in [7, 11) is 0. The maximum Gasteiger partial charge on any atom is 0.178 e. The minimum Gasteiger partial charge on any atom is -0.372 e. The maximum atomic E-state index is 12.2. The molecule has 3 nitrogen and oxygen atoms in total. The zero-order valence-corrected chi connectivity index (χ0v) is 13.7. The van der Waals surface area contributed by atoms with E-state index in [0.717, 1.165) is 18.7 Å². The van der Waals surface area contributed by atoms with Gasteiger partial charge in [-0.1, -0.05) is 32.9 Å². The Bertz CT molecular complexity index is 594. The molecule has 3 heteroatoms. The number of hydrogen-bond donors (Lipinski definition) is 0. The molecule has 0 aliphatic carbocycles. The molecule has 0 saturated carbocycles. The lowest BCUT2D eigenvalue weighted by molar-refractivity contribution is -0.121. The number of Topliss-reactive ketones (excluding diaryl/α,β-unsaturated/α-hetero) is 1. The van der Waals surface area contributed by atoms with E-state index in [2.05, 4.69) is 17.0 Å². The van der Waals surface area contributed by atoms with Crippen molar-refractivity contribution in [2.75, 3.05) is 18.0 Å². The summed E-state index contributed by atoms with van der Waals surface area (Å²) < 4.78 is 0. The molecule has 0 atom stereocenters. The van der Waals surface area contributed by atoms with Gasteiger partial charge in [0.15, 0.2) is 5.78 Å². The Balaban J connectivity index is 2.17. The van der Waals surface area contributed by atoms with Crippen LogP contribution in [0, 0.1) is 16.7 Å². The van der Waals surface area contributed by atoms with Crippen LogP contribution >= 0.6 is 0 Å². The van der Waals surface area contributed by atoms with E-state index < -0.39 is 5.41 Å². The van der Waals surface area contributed by atoms with E-state index in [1.807, 2.05) is 39.0 Å². The second kappa shape index (κ2) is 6.79. The molecule has 22 heavy (non-hydrogen) atoms. The summed E-state index contributed by atoms with van der Waals surface area (Å²) in [4.78, 5) is 14.6. The van der Waals surface area contributed by atoms with Crippen LogP contribution in [0.15, 0.2) is 29.8 Å². The highest BCUT2D eigenvalue weighted by atomic mass is 16.1. The number of ketones is 1. The molecular formula is C19H24N2O. The van der Waals surface area contributed by atoms with Gasteiger partial charge in [-0.3, -0.25) is 4.79 Å². The summed E-state index contributed by atoms with van der Waals surface area (Å²) in [6.45, 7) is 7.72. The smallest absolute Gasteiger partial charge is 0.178 e. The van der Waals surface area contributed by atoms with E-state index in [9.17, 15) is 10.1 Å². The van der Waals surface area contributed by atoms with Crippen LogP contribution < -0.4 is 4.90 Å². The summed E-state index contributed by atoms with van der Waals surface area (Å²) in [6, 6.07) is 10.2. The largest absolute Gasteiger partial charge is 0.372 e. The highest BCUT2D eigenvalue weighted by Crippen LogP contribution is 2.23. The second-order valence-corrected chi connectivity index (χ2v) is 6.89. The van der Waals surface area contributed by atoms with Crippen LogP contribution in [0.5, 0.6) is 0 Å². The molecule has 1 aromatic carbocycles. The first-order chi connectivity index (χ1) is 10.4. The minimum atomic E-state index is -0.532. The quantitative estimate of drug-likeness (QED) is 0.620. The van der Waals surface area contributed by atoms with Gasteiger partial charge in [0.1, 0.15) is 6.07 Å². The summed E-state index contributed by atoms with van der Waals surface area (Å²) in [5.74, 6) is -0.116. The van der Waals surface area contributed by atoms with E-state index in [1.54, 1.807) is 6.08 Å². The fourth-order valence-electron chi connectivity index (χ4n) is 2.65. The van der Waals surface area contributed by atoms with Gasteiger partial charge >= 0.3 is 0 Å². The van der Waals surface area contributed by atoms with Gasteiger partial charge in [0.2, 0.25) is 0 Å². The fraction of sp³-hybridized carbons (Fsp3) is 0.474. The molecule has 1 aromatic rings. The van der Waals surface area contributed by atoms with Gasteiger partial charge in [-0.25, -0.2) is 0 Å². The number of hydrogen-bond acceptors (Lipinski definition) is 3. The first-order valence-corrected chi connectivity index (χ1v) is 7.93. The van der Waals surface area contributed by atoms with Gasteiger partial charge < -0.3 is 4.90 Å². The van der Waals surface area contributed by atoms with Gasteiger partial charge in [-0.05, 0) is 43.0 Å². The monoisotopic (exact) mass is 296 g/mol. The summed E-state index contributed by atoms with van der Waals surface area (Å²) in [5.41, 5.74) is 1.81. The van der Waals surface area contributed by atoms with Crippen LogP contribution in [0.3, 0.4) is 0 Å². The number of carbonyl (C=O) groups is 1. The topological polar surface area (TPSA) is 44.1 Å². The molecule has 1 fully saturated rings. The average molecular weight is 296 g/mol. The average Bonchev–Trinajstić information content (AvgIpc) is 2.52. The van der Waals surface area contributed by atoms with Crippen molar-refractivity contribution in [3.8, 4) is 6.07 Å². The maximum absolute atomic E-state index is 12.2. The Kier molecular flexibility index (Phi) is 5.03. The summed E-state index contributed by atoms with van der Waals surface area (Å²) in [6.07, 6.45) is 5.51. The molecule has 0 radical (unpaired) electrons. The number of anilines is 1. The van der Waals surface area contributed by atoms with Crippen LogP contribution in [-0.4, -0.2) is 18.9 Å². The number of benzene rings is 1. The van der Waals surface area contributed by atoms with Crippen molar-refractivity contribution in [3.05, 3.63) is 35.4 Å². The van der Waals surface area contributed by atoms with E-state index in [0.29, 0.717) is 0 Å². The predicted octanol–water partition coefficient (Wildman–Crippen LogP) is 4.20. The Morgan fingerprint density at radius 2 is 1.73 bits per heavy atom. The number of nitriles is 1. The van der Waals surface area contributed by atoms with Crippen molar-refractivity contribution in [3.63, 3.8) is 0 Å². The molecule has 0 N–H and O–H groups in total. The Morgan fingerprint density at radius 3 is 2.23 bits per heavy atom. The Labute approximate surface area is 133 Å². The van der Waals surface area contributed by atoms with E-state index >= 15 is 0 Å². The van der Waals surface area contributed by atoms with Gasteiger partial charge in [0, 0.05) is 24.2 Å². The molecule has 1 aliphatic rings. The standard InChI is InChI=1S/C19H24N2O/c1-19(2,3)18(22)16(14-20)13-15-7-9-17(10-8-15)21-11-5-4-6-12-21/h7-10,13H,4-6,11-12H2,1-3H3/b16-13-. The van der Waals surface area contributed by atoms with E-state index in [4.69, 9.17) is 0 Å². The molecule has 1 saturated heterocycles. The summed E-state index contributed by atoms with van der Waals surface area (Å²) in [5, 5.41) is 9.23. The van der Waals surface area contributed by atoms with Crippen LogP contribution in [0.25, 0.3) is 6.08 Å². The molecule has 0 unspecified atom stereocenters. The third kappa shape index (κ3) is 3.98. The van der Waals surface area contributed by atoms with Gasteiger partial charge in [0.05, 0.1) is 5.57 Å². The first-order valence-electron chi connectivity index (χ1n) is 7.93. The molecule has 0 aromatic heterocycles. The van der Waals surface area contributed by atoms with Gasteiger partial charge in [-0.2, -0.15) is 5.26 Å². The van der Waals surface area contributed by atoms with Crippen LogP contribution in [-0.2, 0) is 4.79 Å². The number of piperidine rings is 1. The second-order valence-electron chi connectivity index (χ2n) is 6.89. The van der Waals surface area contributed by atoms with E-state index in [-0.39, 0.29) is 11.4 Å². The molecule has 1 heterocycles. The van der Waals surface area contributed by atoms with Crippen molar-refractivity contribution in [1.82, 2.24) is 0 Å². The predicted molar refractivity (Wildman–Crippen MR) is 90.6 cm³/mol. The molecule has 1 aliphatic heterocycles. The third-order valence-electron chi connectivity index (χ3n) is 3.97. The number of allylic oxidation sites excluding steroid dienone is 1. The zero-order chi connectivity index (χ0) is 16.2. The normalized spacial score (nSPS) is 16.3. The van der Waals surface area contributed by atoms with Gasteiger partial charge in [-0.15, -0.1) is 0 Å². The zero-order valence-electron chi connectivity index (χ0n) is 13.7. The highest BCUT2D eigenvalue weighted by molar-refractivity contribution is 6.06. The molecular weight excluding hydrogens is 272 g/mol. The van der Waals surface area contributed by atoms with Crippen molar-refractivity contribution in [1.29, 1.82) is 5.26 Å². The lowest BCUT2D eigenvalue weighted by Crippen LogP contribution is -2.29. The van der Waals surface area contributed by atoms with Crippen LogP contribution in [0.2, 0.25) is 0 Å². The van der Waals surface area contributed by atoms with Gasteiger partial charge in [0.25, 0.3) is 0 Å².